The van der Waals surface area contributed by atoms with Gasteiger partial charge in [0, 0.05) is 12.6 Å². The molecule has 0 aliphatic carbocycles. The van der Waals surface area contributed by atoms with Crippen LogP contribution in [0.5, 0.6) is 0 Å². The highest BCUT2D eigenvalue weighted by molar-refractivity contribution is 5.81. The zero-order valence-electron chi connectivity index (χ0n) is 9.71. The van der Waals surface area contributed by atoms with E-state index < -0.39 is 0 Å². The molecule has 0 bridgehead atoms. The van der Waals surface area contributed by atoms with Crippen molar-refractivity contribution in [1.82, 2.24) is 4.90 Å². The first-order chi connectivity index (χ1) is 6.34. The van der Waals surface area contributed by atoms with Crippen LogP contribution in [0.25, 0.3) is 0 Å². The number of nitrogens with zero attached hydrogens (tertiary/aromatic N) is 1. The molecule has 82 valence electrons. The lowest BCUT2D eigenvalue weighted by molar-refractivity contribution is -0.134. The summed E-state index contributed by atoms with van der Waals surface area (Å²) in [4.78, 5) is 13.8. The van der Waals surface area contributed by atoms with E-state index >= 15 is 0 Å². The van der Waals surface area contributed by atoms with Crippen LogP contribution in [0.2, 0.25) is 0 Å². The Morgan fingerprint density at radius 1 is 1.50 bits per heavy atom. The number of likely N-dealkylation sites (tertiary alicyclic amines) is 1. The predicted octanol–water partition coefficient (Wildman–Crippen LogP) is 1.37. The van der Waals surface area contributed by atoms with Crippen molar-refractivity contribution < 1.29 is 4.79 Å². The lowest BCUT2D eigenvalue weighted by Crippen LogP contribution is -2.48. The van der Waals surface area contributed by atoms with E-state index in [-0.39, 0.29) is 17.4 Å². The van der Waals surface area contributed by atoms with Gasteiger partial charge in [0.2, 0.25) is 5.91 Å². The standard InChI is InChI=1S/C11H22N2O/c1-8(12)10(14)13-7-5-6-9(13)11(2,3)4/h8-9H,5-7,12H2,1-4H3/t8-,9?/m0/s1. The Hall–Kier alpha value is -0.570. The molecule has 1 unspecified atom stereocenters. The minimum Gasteiger partial charge on any atom is -0.338 e. The van der Waals surface area contributed by atoms with Crippen molar-refractivity contribution >= 4 is 5.91 Å². The van der Waals surface area contributed by atoms with Crippen LogP contribution in [0, 0.1) is 5.41 Å². The van der Waals surface area contributed by atoms with E-state index in [0.717, 1.165) is 19.4 Å². The summed E-state index contributed by atoms with van der Waals surface area (Å²) >= 11 is 0. The Morgan fingerprint density at radius 2 is 2.07 bits per heavy atom. The molecular weight excluding hydrogens is 176 g/mol. The monoisotopic (exact) mass is 198 g/mol. The maximum Gasteiger partial charge on any atom is 0.239 e. The highest BCUT2D eigenvalue weighted by Crippen LogP contribution is 2.32. The molecule has 0 radical (unpaired) electrons. The van der Waals surface area contributed by atoms with Gasteiger partial charge in [-0.2, -0.15) is 0 Å². The van der Waals surface area contributed by atoms with Gasteiger partial charge in [0.05, 0.1) is 6.04 Å². The summed E-state index contributed by atoms with van der Waals surface area (Å²) in [7, 11) is 0. The average Bonchev–Trinajstić information content (AvgIpc) is 2.48. The van der Waals surface area contributed by atoms with Crippen LogP contribution < -0.4 is 5.73 Å². The number of hydrogen-bond donors (Lipinski definition) is 1. The molecule has 1 aliphatic rings. The summed E-state index contributed by atoms with van der Waals surface area (Å²) in [5.74, 6) is 0.0995. The van der Waals surface area contributed by atoms with Crippen LogP contribution in [-0.4, -0.2) is 29.4 Å². The van der Waals surface area contributed by atoms with Gasteiger partial charge in [-0.05, 0) is 25.2 Å². The Labute approximate surface area is 86.6 Å². The van der Waals surface area contributed by atoms with Crippen LogP contribution >= 0.6 is 0 Å². The molecule has 14 heavy (non-hydrogen) atoms. The summed E-state index contributed by atoms with van der Waals surface area (Å²) < 4.78 is 0. The molecule has 0 aromatic rings. The fraction of sp³-hybridized carbons (Fsp3) is 0.909. The number of hydrogen-bond acceptors (Lipinski definition) is 2. The van der Waals surface area contributed by atoms with E-state index in [1.165, 1.54) is 0 Å². The van der Waals surface area contributed by atoms with E-state index in [0.29, 0.717) is 6.04 Å². The average molecular weight is 198 g/mol. The Balaban J connectivity index is 2.74. The largest absolute Gasteiger partial charge is 0.338 e. The maximum absolute atomic E-state index is 11.8. The van der Waals surface area contributed by atoms with Gasteiger partial charge < -0.3 is 10.6 Å². The first-order valence-electron chi connectivity index (χ1n) is 5.40. The van der Waals surface area contributed by atoms with Gasteiger partial charge in [-0.1, -0.05) is 20.8 Å². The van der Waals surface area contributed by atoms with Gasteiger partial charge in [-0.25, -0.2) is 0 Å². The van der Waals surface area contributed by atoms with Crippen molar-refractivity contribution in [2.75, 3.05) is 6.54 Å². The zero-order chi connectivity index (χ0) is 10.9. The molecule has 2 N–H and O–H groups in total. The second kappa shape index (κ2) is 3.89. The van der Waals surface area contributed by atoms with Gasteiger partial charge in [0.1, 0.15) is 0 Å². The first-order valence-corrected chi connectivity index (χ1v) is 5.40. The van der Waals surface area contributed by atoms with E-state index in [4.69, 9.17) is 5.73 Å². The smallest absolute Gasteiger partial charge is 0.239 e. The number of carbonyl (C=O) groups is 1. The van der Waals surface area contributed by atoms with Crippen LogP contribution in [0.4, 0.5) is 0 Å². The third-order valence-electron chi connectivity index (χ3n) is 2.93. The van der Waals surface area contributed by atoms with Gasteiger partial charge in [-0.15, -0.1) is 0 Å². The third-order valence-corrected chi connectivity index (χ3v) is 2.93. The van der Waals surface area contributed by atoms with Crippen molar-refractivity contribution in [3.63, 3.8) is 0 Å². The summed E-state index contributed by atoms with van der Waals surface area (Å²) in [6.45, 7) is 9.20. The third kappa shape index (κ3) is 2.27. The summed E-state index contributed by atoms with van der Waals surface area (Å²) in [5, 5.41) is 0. The summed E-state index contributed by atoms with van der Waals surface area (Å²) in [6, 6.07) is -0.000972. The first kappa shape index (κ1) is 11.5. The van der Waals surface area contributed by atoms with Crippen LogP contribution in [-0.2, 0) is 4.79 Å². The number of carbonyl (C=O) groups excluding carboxylic acids is 1. The van der Waals surface area contributed by atoms with Crippen molar-refractivity contribution in [2.24, 2.45) is 11.1 Å². The van der Waals surface area contributed by atoms with Gasteiger partial charge in [0.15, 0.2) is 0 Å². The molecule has 1 fully saturated rings. The van der Waals surface area contributed by atoms with E-state index in [2.05, 4.69) is 20.8 Å². The Kier molecular flexibility index (Phi) is 3.20. The SMILES string of the molecule is C[C@H](N)C(=O)N1CCCC1C(C)(C)C. The Morgan fingerprint density at radius 3 is 2.50 bits per heavy atom. The zero-order valence-corrected chi connectivity index (χ0v) is 9.71. The number of rotatable bonds is 1. The van der Waals surface area contributed by atoms with Crippen LogP contribution in [0.15, 0.2) is 0 Å². The molecule has 2 atom stereocenters. The molecule has 3 heteroatoms. The highest BCUT2D eigenvalue weighted by Gasteiger charge is 2.37. The quantitative estimate of drug-likeness (QED) is 0.691. The van der Waals surface area contributed by atoms with Crippen molar-refractivity contribution in [3.8, 4) is 0 Å². The normalized spacial score (nSPS) is 25.2. The topological polar surface area (TPSA) is 46.3 Å². The fourth-order valence-electron chi connectivity index (χ4n) is 2.19. The molecule has 1 rings (SSSR count). The lowest BCUT2D eigenvalue weighted by Gasteiger charge is -2.35. The molecular formula is C11H22N2O. The Bertz CT molecular complexity index is 218. The van der Waals surface area contributed by atoms with Crippen molar-refractivity contribution in [1.29, 1.82) is 0 Å². The molecule has 3 nitrogen and oxygen atoms in total. The van der Waals surface area contributed by atoms with Crippen LogP contribution in [0.1, 0.15) is 40.5 Å². The minimum atomic E-state index is -0.363. The minimum absolute atomic E-state index is 0.0995. The number of amides is 1. The highest BCUT2D eigenvalue weighted by atomic mass is 16.2. The fourth-order valence-corrected chi connectivity index (χ4v) is 2.19. The van der Waals surface area contributed by atoms with Gasteiger partial charge in [-0.3, -0.25) is 4.79 Å². The maximum atomic E-state index is 11.8. The molecule has 1 saturated heterocycles. The van der Waals surface area contributed by atoms with Gasteiger partial charge >= 0.3 is 0 Å². The molecule has 1 amide bonds. The van der Waals surface area contributed by atoms with Crippen LogP contribution in [0.3, 0.4) is 0 Å². The van der Waals surface area contributed by atoms with E-state index in [1.807, 2.05) is 4.90 Å². The molecule has 0 aromatic carbocycles. The van der Waals surface area contributed by atoms with Crippen molar-refractivity contribution in [3.05, 3.63) is 0 Å². The number of nitrogens with two attached hydrogens (primary N) is 1. The van der Waals surface area contributed by atoms with E-state index in [1.54, 1.807) is 6.92 Å². The molecule has 0 saturated carbocycles. The van der Waals surface area contributed by atoms with E-state index in [9.17, 15) is 4.79 Å². The predicted molar refractivity (Wildman–Crippen MR) is 57.8 cm³/mol. The summed E-state index contributed by atoms with van der Waals surface area (Å²) in [6.07, 6.45) is 2.22. The molecule has 0 aromatic heterocycles. The second-order valence-electron chi connectivity index (χ2n) is 5.34. The molecule has 0 spiro atoms. The summed E-state index contributed by atoms with van der Waals surface area (Å²) in [5.41, 5.74) is 5.80. The molecule has 1 heterocycles. The van der Waals surface area contributed by atoms with Crippen molar-refractivity contribution in [2.45, 2.75) is 52.6 Å². The second-order valence-corrected chi connectivity index (χ2v) is 5.34. The molecule has 1 aliphatic heterocycles. The lowest BCUT2D eigenvalue weighted by atomic mass is 9.85. The van der Waals surface area contributed by atoms with Gasteiger partial charge in [0.25, 0.3) is 0 Å².